The van der Waals surface area contributed by atoms with Crippen LogP contribution in [0.3, 0.4) is 0 Å². The van der Waals surface area contributed by atoms with Gasteiger partial charge < -0.3 is 5.11 Å². The van der Waals surface area contributed by atoms with E-state index in [0.717, 1.165) is 12.8 Å². The molecular weight excluding hydrogens is 262 g/mol. The number of hydrogen-bond donors (Lipinski definition) is 1. The molecule has 0 bridgehead atoms. The van der Waals surface area contributed by atoms with Crippen molar-refractivity contribution in [2.45, 2.75) is 25.7 Å². The molecule has 2 rings (SSSR count). The molecule has 1 saturated carbocycles. The predicted octanol–water partition coefficient (Wildman–Crippen LogP) is 2.67. The highest BCUT2D eigenvalue weighted by Gasteiger charge is 2.34. The summed E-state index contributed by atoms with van der Waals surface area (Å²) in [7, 11) is 0. The highest BCUT2D eigenvalue weighted by Crippen LogP contribution is 2.35. The lowest BCUT2D eigenvalue weighted by Crippen LogP contribution is -2.20. The van der Waals surface area contributed by atoms with Crippen molar-refractivity contribution in [2.24, 2.45) is 11.8 Å². The fraction of sp³-hybridized carbons (Fsp3) is 0.429. The molecule has 0 saturated heterocycles. The molecule has 0 spiro atoms. The van der Waals surface area contributed by atoms with Crippen LogP contribution in [0.5, 0.6) is 0 Å². The second-order valence-electron chi connectivity index (χ2n) is 5.07. The number of non-ortho nitro benzene ring substituents is 1. The molecule has 6 heteroatoms. The van der Waals surface area contributed by atoms with Crippen molar-refractivity contribution >= 4 is 17.4 Å². The van der Waals surface area contributed by atoms with Gasteiger partial charge in [0.15, 0.2) is 5.78 Å². The second-order valence-corrected chi connectivity index (χ2v) is 5.07. The molecule has 0 aromatic heterocycles. The number of aliphatic carboxylic acids is 1. The van der Waals surface area contributed by atoms with E-state index in [2.05, 4.69) is 0 Å². The summed E-state index contributed by atoms with van der Waals surface area (Å²) in [6, 6.07) is 5.56. The number of carbonyl (C=O) groups excluding carboxylic acids is 1. The third kappa shape index (κ3) is 3.01. The van der Waals surface area contributed by atoms with E-state index in [1.54, 1.807) is 0 Å². The SMILES string of the molecule is O=C(CC1CCCC1C(=O)O)c1cccc([N+](=O)[O-])c1. The van der Waals surface area contributed by atoms with Gasteiger partial charge in [-0.1, -0.05) is 18.6 Å². The summed E-state index contributed by atoms with van der Waals surface area (Å²) < 4.78 is 0. The molecule has 0 amide bonds. The van der Waals surface area contributed by atoms with E-state index >= 15 is 0 Å². The highest BCUT2D eigenvalue weighted by atomic mass is 16.6. The van der Waals surface area contributed by atoms with Gasteiger partial charge in [-0.25, -0.2) is 0 Å². The lowest BCUT2D eigenvalue weighted by atomic mass is 9.89. The zero-order valence-corrected chi connectivity index (χ0v) is 10.8. The van der Waals surface area contributed by atoms with E-state index in [4.69, 9.17) is 5.11 Å². The number of carboxylic acid groups (broad SMARTS) is 1. The summed E-state index contributed by atoms with van der Waals surface area (Å²) >= 11 is 0. The van der Waals surface area contributed by atoms with E-state index < -0.39 is 16.8 Å². The maximum atomic E-state index is 12.1. The van der Waals surface area contributed by atoms with Crippen LogP contribution in [-0.4, -0.2) is 21.8 Å². The Bertz CT molecular complexity index is 554. The molecule has 6 nitrogen and oxygen atoms in total. The van der Waals surface area contributed by atoms with E-state index in [1.165, 1.54) is 24.3 Å². The Morgan fingerprint density at radius 3 is 2.75 bits per heavy atom. The van der Waals surface area contributed by atoms with Crippen molar-refractivity contribution in [3.8, 4) is 0 Å². The fourth-order valence-electron chi connectivity index (χ4n) is 2.76. The molecule has 0 heterocycles. The Balaban J connectivity index is 2.10. The molecular formula is C14H15NO5. The van der Waals surface area contributed by atoms with Gasteiger partial charge in [-0.15, -0.1) is 0 Å². The van der Waals surface area contributed by atoms with Crippen molar-refractivity contribution in [1.29, 1.82) is 0 Å². The fourth-order valence-corrected chi connectivity index (χ4v) is 2.76. The Labute approximate surface area is 115 Å². The van der Waals surface area contributed by atoms with Gasteiger partial charge in [0, 0.05) is 24.1 Å². The van der Waals surface area contributed by atoms with Crippen LogP contribution < -0.4 is 0 Å². The highest BCUT2D eigenvalue weighted by molar-refractivity contribution is 5.97. The van der Waals surface area contributed by atoms with E-state index in [0.29, 0.717) is 6.42 Å². The predicted molar refractivity (Wildman–Crippen MR) is 70.5 cm³/mol. The Morgan fingerprint density at radius 2 is 2.10 bits per heavy atom. The molecule has 1 aliphatic carbocycles. The maximum absolute atomic E-state index is 12.1. The average Bonchev–Trinajstić information content (AvgIpc) is 2.87. The molecule has 2 atom stereocenters. The summed E-state index contributed by atoms with van der Waals surface area (Å²) in [5.41, 5.74) is 0.146. The number of Topliss-reactive ketones (excluding diaryl/α,β-unsaturated/α-hetero) is 1. The smallest absolute Gasteiger partial charge is 0.306 e. The summed E-state index contributed by atoms with van der Waals surface area (Å²) in [6.07, 6.45) is 2.27. The lowest BCUT2D eigenvalue weighted by Gasteiger charge is -2.14. The van der Waals surface area contributed by atoms with E-state index in [9.17, 15) is 19.7 Å². The van der Waals surface area contributed by atoms with Gasteiger partial charge in [0.2, 0.25) is 0 Å². The second kappa shape index (κ2) is 5.81. The number of hydrogen-bond acceptors (Lipinski definition) is 4. The Kier molecular flexibility index (Phi) is 4.12. The first-order valence-electron chi connectivity index (χ1n) is 6.49. The summed E-state index contributed by atoms with van der Waals surface area (Å²) in [5, 5.41) is 19.8. The van der Waals surface area contributed by atoms with Gasteiger partial charge in [-0.05, 0) is 18.8 Å². The van der Waals surface area contributed by atoms with Crippen molar-refractivity contribution < 1.29 is 19.6 Å². The third-order valence-corrected chi connectivity index (χ3v) is 3.80. The Morgan fingerprint density at radius 1 is 1.35 bits per heavy atom. The van der Waals surface area contributed by atoms with Crippen LogP contribution in [0.4, 0.5) is 5.69 Å². The van der Waals surface area contributed by atoms with Gasteiger partial charge in [-0.2, -0.15) is 0 Å². The van der Waals surface area contributed by atoms with E-state index in [1.807, 2.05) is 0 Å². The first-order valence-corrected chi connectivity index (χ1v) is 6.49. The molecule has 1 aliphatic rings. The zero-order valence-electron chi connectivity index (χ0n) is 10.8. The van der Waals surface area contributed by atoms with Crippen LogP contribution in [0, 0.1) is 22.0 Å². The molecule has 0 aliphatic heterocycles. The Hall–Kier alpha value is -2.24. The maximum Gasteiger partial charge on any atom is 0.306 e. The van der Waals surface area contributed by atoms with Crippen LogP contribution in [0.25, 0.3) is 0 Å². The number of nitrogens with zero attached hydrogens (tertiary/aromatic N) is 1. The van der Waals surface area contributed by atoms with Gasteiger partial charge in [0.25, 0.3) is 5.69 Å². The topological polar surface area (TPSA) is 97.5 Å². The first kappa shape index (κ1) is 14.2. The number of benzene rings is 1. The summed E-state index contributed by atoms with van der Waals surface area (Å²) in [6.45, 7) is 0. The molecule has 1 fully saturated rings. The molecule has 20 heavy (non-hydrogen) atoms. The van der Waals surface area contributed by atoms with Gasteiger partial charge in [0.1, 0.15) is 0 Å². The molecule has 106 valence electrons. The summed E-state index contributed by atoms with van der Waals surface area (Å²) in [5.74, 6) is -1.73. The number of nitro groups is 1. The standard InChI is InChI=1S/C14H15NO5/c16-13(8-9-3-2-6-12(9)14(17)18)10-4-1-5-11(7-10)15(19)20/h1,4-5,7,9,12H,2-3,6,8H2,(H,17,18). The first-order chi connectivity index (χ1) is 9.49. The number of nitro benzene ring substituents is 1. The van der Waals surface area contributed by atoms with Crippen molar-refractivity contribution in [3.63, 3.8) is 0 Å². The van der Waals surface area contributed by atoms with Crippen LogP contribution >= 0.6 is 0 Å². The molecule has 2 unspecified atom stereocenters. The number of ketones is 1. The van der Waals surface area contributed by atoms with Crippen molar-refractivity contribution in [3.05, 3.63) is 39.9 Å². The van der Waals surface area contributed by atoms with Crippen LogP contribution in [0.1, 0.15) is 36.0 Å². The molecule has 1 N–H and O–H groups in total. The minimum atomic E-state index is -0.862. The van der Waals surface area contributed by atoms with Crippen LogP contribution in [0.2, 0.25) is 0 Å². The normalized spacial score (nSPS) is 21.6. The van der Waals surface area contributed by atoms with Gasteiger partial charge in [0.05, 0.1) is 10.8 Å². The number of carbonyl (C=O) groups is 2. The quantitative estimate of drug-likeness (QED) is 0.507. The van der Waals surface area contributed by atoms with E-state index in [-0.39, 0.29) is 29.4 Å². The van der Waals surface area contributed by atoms with Gasteiger partial charge in [-0.3, -0.25) is 19.7 Å². The molecule has 1 aromatic carbocycles. The van der Waals surface area contributed by atoms with Crippen LogP contribution in [-0.2, 0) is 4.79 Å². The minimum absolute atomic E-state index is 0.128. The number of rotatable bonds is 5. The van der Waals surface area contributed by atoms with Gasteiger partial charge >= 0.3 is 5.97 Å². The van der Waals surface area contributed by atoms with Crippen molar-refractivity contribution in [1.82, 2.24) is 0 Å². The molecule has 1 aromatic rings. The average molecular weight is 277 g/mol. The number of carboxylic acids is 1. The van der Waals surface area contributed by atoms with Crippen LogP contribution in [0.15, 0.2) is 24.3 Å². The third-order valence-electron chi connectivity index (χ3n) is 3.80. The van der Waals surface area contributed by atoms with Crippen molar-refractivity contribution in [2.75, 3.05) is 0 Å². The molecule has 0 radical (unpaired) electrons. The monoisotopic (exact) mass is 277 g/mol. The minimum Gasteiger partial charge on any atom is -0.481 e. The lowest BCUT2D eigenvalue weighted by molar-refractivity contribution is -0.384. The summed E-state index contributed by atoms with van der Waals surface area (Å²) in [4.78, 5) is 33.3. The zero-order chi connectivity index (χ0) is 14.7. The largest absolute Gasteiger partial charge is 0.481 e.